The largest absolute Gasteiger partial charge is 0.493 e. The summed E-state index contributed by atoms with van der Waals surface area (Å²) < 4.78 is 20.6. The molecular formula is C11H14O4. The van der Waals surface area contributed by atoms with Crippen LogP contribution in [0.2, 0.25) is 0 Å². The Morgan fingerprint density at radius 3 is 1.87 bits per heavy atom. The van der Waals surface area contributed by atoms with Crippen molar-refractivity contribution in [2.75, 3.05) is 21.3 Å². The minimum Gasteiger partial charge on any atom is -0.493 e. The second-order valence-corrected chi connectivity index (χ2v) is 2.65. The molecule has 0 heterocycles. The summed E-state index contributed by atoms with van der Waals surface area (Å²) in [5.74, 6) is 2.22. The third-order valence-corrected chi connectivity index (χ3v) is 1.86. The Bertz CT molecular complexity index is 321. The minimum atomic E-state index is 0.538. The molecule has 0 bridgehead atoms. The lowest BCUT2D eigenvalue weighted by molar-refractivity contribution is 0.321. The fraction of sp³-hybridized carbons (Fsp3) is 0.273. The molecule has 0 N–H and O–H groups in total. The number of hydrogen-bond donors (Lipinski definition) is 0. The molecule has 0 aliphatic carbocycles. The molecule has 1 rings (SSSR count). The summed E-state index contributed by atoms with van der Waals surface area (Å²) in [7, 11) is 4.65. The molecule has 0 saturated heterocycles. The Balaban J connectivity index is 3.22. The van der Waals surface area contributed by atoms with Crippen molar-refractivity contribution in [3.05, 3.63) is 25.0 Å². The van der Waals surface area contributed by atoms with Crippen molar-refractivity contribution >= 4 is 0 Å². The predicted molar refractivity (Wildman–Crippen MR) is 56.9 cm³/mol. The third kappa shape index (κ3) is 2.34. The van der Waals surface area contributed by atoms with Crippen molar-refractivity contribution in [2.45, 2.75) is 0 Å². The lowest BCUT2D eigenvalue weighted by atomic mass is 10.2. The van der Waals surface area contributed by atoms with Crippen molar-refractivity contribution in [3.8, 4) is 23.0 Å². The van der Waals surface area contributed by atoms with Gasteiger partial charge in [0.1, 0.15) is 5.75 Å². The van der Waals surface area contributed by atoms with E-state index in [0.717, 1.165) is 0 Å². The molecule has 0 saturated carbocycles. The van der Waals surface area contributed by atoms with Gasteiger partial charge >= 0.3 is 0 Å². The number of methoxy groups -OCH3 is 3. The van der Waals surface area contributed by atoms with E-state index in [1.807, 2.05) is 0 Å². The molecule has 1 aromatic carbocycles. The summed E-state index contributed by atoms with van der Waals surface area (Å²) in [5.41, 5.74) is 0. The normalized spacial score (nSPS) is 9.27. The smallest absolute Gasteiger partial charge is 0.203 e. The number of rotatable bonds is 5. The zero-order valence-corrected chi connectivity index (χ0v) is 9.07. The molecule has 4 heteroatoms. The van der Waals surface area contributed by atoms with Crippen LogP contribution in [0.5, 0.6) is 23.0 Å². The molecule has 0 aliphatic heterocycles. The summed E-state index contributed by atoms with van der Waals surface area (Å²) in [4.78, 5) is 0. The first-order chi connectivity index (χ1) is 7.26. The van der Waals surface area contributed by atoms with Crippen LogP contribution in [0.3, 0.4) is 0 Å². The maximum Gasteiger partial charge on any atom is 0.203 e. The van der Waals surface area contributed by atoms with E-state index in [9.17, 15) is 0 Å². The SMILES string of the molecule is C=COc1cc(OC)c(OC)c(OC)c1. The van der Waals surface area contributed by atoms with Crippen molar-refractivity contribution in [3.63, 3.8) is 0 Å². The highest BCUT2D eigenvalue weighted by molar-refractivity contribution is 5.55. The summed E-state index contributed by atoms with van der Waals surface area (Å²) in [6.45, 7) is 3.47. The van der Waals surface area contributed by atoms with Gasteiger partial charge in [0.05, 0.1) is 27.6 Å². The zero-order valence-electron chi connectivity index (χ0n) is 9.07. The van der Waals surface area contributed by atoms with Crippen LogP contribution in [0.15, 0.2) is 25.0 Å². The van der Waals surface area contributed by atoms with Crippen LogP contribution in [0, 0.1) is 0 Å². The lowest BCUT2D eigenvalue weighted by Gasteiger charge is -2.13. The first kappa shape index (κ1) is 11.2. The molecule has 1 aromatic rings. The maximum absolute atomic E-state index is 5.16. The van der Waals surface area contributed by atoms with E-state index in [1.165, 1.54) is 6.26 Å². The van der Waals surface area contributed by atoms with Gasteiger partial charge in [-0.3, -0.25) is 0 Å². The minimum absolute atomic E-state index is 0.538. The van der Waals surface area contributed by atoms with Gasteiger partial charge in [-0.15, -0.1) is 0 Å². The van der Waals surface area contributed by atoms with Gasteiger partial charge < -0.3 is 18.9 Å². The van der Waals surface area contributed by atoms with Crippen molar-refractivity contribution in [1.82, 2.24) is 0 Å². The Kier molecular flexibility index (Phi) is 3.85. The van der Waals surface area contributed by atoms with E-state index < -0.39 is 0 Å². The van der Waals surface area contributed by atoms with E-state index in [2.05, 4.69) is 6.58 Å². The highest BCUT2D eigenvalue weighted by atomic mass is 16.5. The Hall–Kier alpha value is -1.84. The Morgan fingerprint density at radius 2 is 1.53 bits per heavy atom. The number of ether oxygens (including phenoxy) is 4. The van der Waals surface area contributed by atoms with Crippen LogP contribution < -0.4 is 18.9 Å². The Morgan fingerprint density at radius 1 is 1.00 bits per heavy atom. The average Bonchev–Trinajstić information content (AvgIpc) is 2.28. The van der Waals surface area contributed by atoms with Crippen molar-refractivity contribution in [1.29, 1.82) is 0 Å². The van der Waals surface area contributed by atoms with E-state index in [0.29, 0.717) is 23.0 Å². The molecular weight excluding hydrogens is 196 g/mol. The Labute approximate surface area is 89.0 Å². The molecule has 0 aromatic heterocycles. The molecule has 0 radical (unpaired) electrons. The van der Waals surface area contributed by atoms with E-state index >= 15 is 0 Å². The number of benzene rings is 1. The standard InChI is InChI=1S/C11H14O4/c1-5-15-8-6-9(12-2)11(14-4)10(7-8)13-3/h5-7H,1H2,2-4H3. The average molecular weight is 210 g/mol. The highest BCUT2D eigenvalue weighted by Crippen LogP contribution is 2.40. The molecule has 15 heavy (non-hydrogen) atoms. The lowest BCUT2D eigenvalue weighted by Crippen LogP contribution is -1.95. The second-order valence-electron chi connectivity index (χ2n) is 2.65. The fourth-order valence-electron chi connectivity index (χ4n) is 1.22. The van der Waals surface area contributed by atoms with Crippen LogP contribution in [-0.2, 0) is 0 Å². The van der Waals surface area contributed by atoms with E-state index in [1.54, 1.807) is 33.5 Å². The van der Waals surface area contributed by atoms with Gasteiger partial charge in [-0.05, 0) is 0 Å². The van der Waals surface area contributed by atoms with Gasteiger partial charge in [-0.25, -0.2) is 0 Å². The van der Waals surface area contributed by atoms with Gasteiger partial charge in [-0.2, -0.15) is 0 Å². The van der Waals surface area contributed by atoms with E-state index in [4.69, 9.17) is 18.9 Å². The highest BCUT2D eigenvalue weighted by Gasteiger charge is 2.13. The number of hydrogen-bond acceptors (Lipinski definition) is 4. The summed E-state index contributed by atoms with van der Waals surface area (Å²) in [6, 6.07) is 3.39. The first-order valence-corrected chi connectivity index (χ1v) is 4.34. The van der Waals surface area contributed by atoms with Crippen LogP contribution >= 0.6 is 0 Å². The quantitative estimate of drug-likeness (QED) is 0.698. The van der Waals surface area contributed by atoms with Gasteiger partial charge in [0.2, 0.25) is 5.75 Å². The molecule has 0 aliphatic rings. The van der Waals surface area contributed by atoms with Crippen LogP contribution in [0.25, 0.3) is 0 Å². The van der Waals surface area contributed by atoms with Gasteiger partial charge in [0.15, 0.2) is 11.5 Å². The van der Waals surface area contributed by atoms with Gasteiger partial charge in [0.25, 0.3) is 0 Å². The molecule has 0 spiro atoms. The molecule has 0 fully saturated rings. The topological polar surface area (TPSA) is 36.9 Å². The van der Waals surface area contributed by atoms with Crippen molar-refractivity contribution < 1.29 is 18.9 Å². The first-order valence-electron chi connectivity index (χ1n) is 4.34. The summed E-state index contributed by atoms with van der Waals surface area (Å²) in [6.07, 6.45) is 1.33. The molecule has 82 valence electrons. The molecule has 0 amide bonds. The van der Waals surface area contributed by atoms with Crippen molar-refractivity contribution in [2.24, 2.45) is 0 Å². The predicted octanol–water partition coefficient (Wildman–Crippen LogP) is 2.23. The van der Waals surface area contributed by atoms with Gasteiger partial charge in [-0.1, -0.05) is 6.58 Å². The van der Waals surface area contributed by atoms with Crippen LogP contribution in [-0.4, -0.2) is 21.3 Å². The monoisotopic (exact) mass is 210 g/mol. The summed E-state index contributed by atoms with van der Waals surface area (Å²) in [5, 5.41) is 0. The molecule has 4 nitrogen and oxygen atoms in total. The zero-order chi connectivity index (χ0) is 11.3. The fourth-order valence-corrected chi connectivity index (χ4v) is 1.22. The maximum atomic E-state index is 5.16. The summed E-state index contributed by atoms with van der Waals surface area (Å²) >= 11 is 0. The second kappa shape index (κ2) is 5.14. The van der Waals surface area contributed by atoms with Gasteiger partial charge in [0, 0.05) is 12.1 Å². The van der Waals surface area contributed by atoms with Crippen LogP contribution in [0.4, 0.5) is 0 Å². The van der Waals surface area contributed by atoms with E-state index in [-0.39, 0.29) is 0 Å². The molecule has 0 unspecified atom stereocenters. The third-order valence-electron chi connectivity index (χ3n) is 1.86. The van der Waals surface area contributed by atoms with Crippen LogP contribution in [0.1, 0.15) is 0 Å². The molecule has 0 atom stereocenters.